The van der Waals surface area contributed by atoms with Crippen molar-refractivity contribution in [2.75, 3.05) is 26.7 Å². The van der Waals surface area contributed by atoms with E-state index in [0.29, 0.717) is 19.0 Å². The molecule has 1 atom stereocenters. The van der Waals surface area contributed by atoms with Crippen LogP contribution in [0.2, 0.25) is 0 Å². The van der Waals surface area contributed by atoms with E-state index >= 15 is 0 Å². The van der Waals surface area contributed by atoms with Crippen LogP contribution in [0, 0.1) is 0 Å². The maximum Gasteiger partial charge on any atom is 0.191 e. The molecule has 0 aliphatic carbocycles. The zero-order chi connectivity index (χ0) is 13.2. The van der Waals surface area contributed by atoms with Crippen molar-refractivity contribution in [3.63, 3.8) is 0 Å². The van der Waals surface area contributed by atoms with Gasteiger partial charge in [0, 0.05) is 26.1 Å². The van der Waals surface area contributed by atoms with Crippen LogP contribution in [-0.4, -0.2) is 37.8 Å². The van der Waals surface area contributed by atoms with Crippen molar-refractivity contribution in [3.8, 4) is 0 Å². The minimum atomic E-state index is 0. The number of benzene rings is 1. The molecule has 106 valence electrons. The molecule has 1 rings (SSSR count). The van der Waals surface area contributed by atoms with E-state index in [2.05, 4.69) is 22.2 Å². The molecule has 1 aromatic carbocycles. The number of halogens is 1. The summed E-state index contributed by atoms with van der Waals surface area (Å²) < 4.78 is 0. The smallest absolute Gasteiger partial charge is 0.191 e. The highest BCUT2D eigenvalue weighted by atomic mass is 127. The molecular weight excluding hydrogens is 353 g/mol. The molecule has 0 bridgehead atoms. The van der Waals surface area contributed by atoms with Crippen molar-refractivity contribution in [2.24, 2.45) is 4.99 Å². The van der Waals surface area contributed by atoms with Crippen LogP contribution in [0.3, 0.4) is 0 Å². The number of hydrogen-bond donors (Lipinski definition) is 3. The lowest BCUT2D eigenvalue weighted by Gasteiger charge is -2.17. The second-order valence-electron chi connectivity index (χ2n) is 3.91. The molecule has 0 aliphatic rings. The van der Waals surface area contributed by atoms with Gasteiger partial charge in [0.25, 0.3) is 0 Å². The number of nitrogens with one attached hydrogen (secondary N) is 2. The number of aliphatic imine (C=N–C) groups is 1. The van der Waals surface area contributed by atoms with Gasteiger partial charge in [-0.15, -0.1) is 30.6 Å². The van der Waals surface area contributed by atoms with E-state index in [1.807, 2.05) is 30.3 Å². The normalized spacial score (nSPS) is 12.2. The van der Waals surface area contributed by atoms with Gasteiger partial charge in [-0.1, -0.05) is 36.4 Å². The third-order valence-corrected chi connectivity index (χ3v) is 2.64. The van der Waals surface area contributed by atoms with Crippen molar-refractivity contribution in [3.05, 3.63) is 48.6 Å². The first-order chi connectivity index (χ1) is 8.81. The van der Waals surface area contributed by atoms with E-state index in [4.69, 9.17) is 0 Å². The van der Waals surface area contributed by atoms with Crippen LogP contribution < -0.4 is 10.6 Å². The highest BCUT2D eigenvalue weighted by Crippen LogP contribution is 2.13. The van der Waals surface area contributed by atoms with Gasteiger partial charge in [-0.3, -0.25) is 4.99 Å². The van der Waals surface area contributed by atoms with Crippen LogP contribution in [-0.2, 0) is 0 Å². The van der Waals surface area contributed by atoms with E-state index in [-0.39, 0.29) is 36.5 Å². The van der Waals surface area contributed by atoms with E-state index < -0.39 is 0 Å². The fourth-order valence-electron chi connectivity index (χ4n) is 1.62. The molecule has 19 heavy (non-hydrogen) atoms. The van der Waals surface area contributed by atoms with E-state index in [1.54, 1.807) is 13.1 Å². The summed E-state index contributed by atoms with van der Waals surface area (Å²) in [7, 11) is 1.72. The maximum absolute atomic E-state index is 9.42. The predicted molar refractivity (Wildman–Crippen MR) is 91.2 cm³/mol. The molecule has 0 heterocycles. The van der Waals surface area contributed by atoms with Crippen molar-refractivity contribution < 1.29 is 5.11 Å². The van der Waals surface area contributed by atoms with Gasteiger partial charge in [-0.25, -0.2) is 0 Å². The van der Waals surface area contributed by atoms with Gasteiger partial charge in [0.05, 0.1) is 6.61 Å². The number of nitrogens with zero attached hydrogens (tertiary/aromatic N) is 1. The topological polar surface area (TPSA) is 56.7 Å². The molecule has 0 aromatic heterocycles. The Hall–Kier alpha value is -1.08. The third kappa shape index (κ3) is 6.58. The summed E-state index contributed by atoms with van der Waals surface area (Å²) in [5.41, 5.74) is 1.12. The highest BCUT2D eigenvalue weighted by molar-refractivity contribution is 14.0. The highest BCUT2D eigenvalue weighted by Gasteiger charge is 2.10. The molecule has 1 unspecified atom stereocenters. The zero-order valence-electron chi connectivity index (χ0n) is 11.2. The van der Waals surface area contributed by atoms with Gasteiger partial charge in [0.2, 0.25) is 0 Å². The van der Waals surface area contributed by atoms with Crippen molar-refractivity contribution in [2.45, 2.75) is 5.92 Å². The first-order valence-corrected chi connectivity index (χ1v) is 6.03. The molecule has 0 radical (unpaired) electrons. The predicted octanol–water partition coefficient (Wildman–Crippen LogP) is 1.73. The minimum Gasteiger partial charge on any atom is -0.396 e. The van der Waals surface area contributed by atoms with Crippen LogP contribution in [0.25, 0.3) is 0 Å². The quantitative estimate of drug-likeness (QED) is 0.307. The average molecular weight is 375 g/mol. The lowest BCUT2D eigenvalue weighted by molar-refractivity contribution is 0.265. The Morgan fingerprint density at radius 3 is 2.58 bits per heavy atom. The summed E-state index contributed by atoms with van der Waals surface area (Å²) in [6.45, 7) is 5.05. The van der Waals surface area contributed by atoms with Crippen LogP contribution >= 0.6 is 24.0 Å². The van der Waals surface area contributed by atoms with E-state index in [0.717, 1.165) is 5.56 Å². The Morgan fingerprint density at radius 1 is 1.37 bits per heavy atom. The van der Waals surface area contributed by atoms with Crippen LogP contribution in [0.1, 0.15) is 11.5 Å². The molecule has 0 saturated heterocycles. The maximum atomic E-state index is 9.42. The SMILES string of the molecule is C=CCNC(=NC)NCC(CO)c1ccccc1.I. The Kier molecular flexibility index (Phi) is 10.2. The van der Waals surface area contributed by atoms with Crippen LogP contribution in [0.15, 0.2) is 48.0 Å². The summed E-state index contributed by atoms with van der Waals surface area (Å²) in [5.74, 6) is 0.776. The first-order valence-electron chi connectivity index (χ1n) is 6.03. The van der Waals surface area contributed by atoms with Crippen LogP contribution in [0.4, 0.5) is 0 Å². The lowest BCUT2D eigenvalue weighted by Crippen LogP contribution is -2.39. The Labute approximate surface area is 132 Å². The molecule has 0 spiro atoms. The molecular formula is C14H22IN3O. The van der Waals surface area contributed by atoms with Gasteiger partial charge in [0.1, 0.15) is 0 Å². The summed E-state index contributed by atoms with van der Waals surface area (Å²) in [4.78, 5) is 4.09. The lowest BCUT2D eigenvalue weighted by atomic mass is 10.0. The number of rotatable bonds is 6. The zero-order valence-corrected chi connectivity index (χ0v) is 13.5. The second kappa shape index (κ2) is 10.8. The fraction of sp³-hybridized carbons (Fsp3) is 0.357. The Morgan fingerprint density at radius 2 is 2.05 bits per heavy atom. The molecule has 1 aromatic rings. The molecule has 5 heteroatoms. The second-order valence-corrected chi connectivity index (χ2v) is 3.91. The van der Waals surface area contributed by atoms with Gasteiger partial charge in [-0.05, 0) is 5.56 Å². The first kappa shape index (κ1) is 17.9. The molecule has 4 nitrogen and oxygen atoms in total. The van der Waals surface area contributed by atoms with Gasteiger partial charge in [0.15, 0.2) is 5.96 Å². The number of aliphatic hydroxyl groups excluding tert-OH is 1. The number of hydrogen-bond acceptors (Lipinski definition) is 2. The van der Waals surface area contributed by atoms with E-state index in [9.17, 15) is 5.11 Å². The molecule has 3 N–H and O–H groups in total. The third-order valence-electron chi connectivity index (χ3n) is 2.64. The van der Waals surface area contributed by atoms with Gasteiger partial charge in [-0.2, -0.15) is 0 Å². The van der Waals surface area contributed by atoms with Gasteiger partial charge >= 0.3 is 0 Å². The monoisotopic (exact) mass is 375 g/mol. The Bertz CT molecular complexity index is 382. The Balaban J connectivity index is 0.00000324. The van der Waals surface area contributed by atoms with Crippen molar-refractivity contribution in [1.82, 2.24) is 10.6 Å². The molecule has 0 fully saturated rings. The summed E-state index contributed by atoms with van der Waals surface area (Å²) in [5, 5.41) is 15.7. The molecule has 0 aliphatic heterocycles. The van der Waals surface area contributed by atoms with Crippen LogP contribution in [0.5, 0.6) is 0 Å². The van der Waals surface area contributed by atoms with Crippen molar-refractivity contribution >= 4 is 29.9 Å². The molecule has 0 amide bonds. The fourth-order valence-corrected chi connectivity index (χ4v) is 1.62. The average Bonchev–Trinajstić information content (AvgIpc) is 2.44. The molecule has 0 saturated carbocycles. The van der Waals surface area contributed by atoms with Crippen molar-refractivity contribution in [1.29, 1.82) is 0 Å². The van der Waals surface area contributed by atoms with Gasteiger partial charge < -0.3 is 15.7 Å². The summed E-state index contributed by atoms with van der Waals surface area (Å²) in [6, 6.07) is 9.95. The van der Waals surface area contributed by atoms with E-state index in [1.165, 1.54) is 0 Å². The minimum absolute atomic E-state index is 0. The standard InChI is InChI=1S/C14H21N3O.HI/c1-3-9-16-14(15-2)17-10-13(11-18)12-7-5-4-6-8-12;/h3-8,13,18H,1,9-11H2,2H3,(H2,15,16,17);1H. The number of aliphatic hydroxyl groups is 1. The summed E-state index contributed by atoms with van der Waals surface area (Å²) in [6.07, 6.45) is 1.77. The number of guanidine groups is 1. The largest absolute Gasteiger partial charge is 0.396 e. The summed E-state index contributed by atoms with van der Waals surface area (Å²) >= 11 is 0.